The Hall–Kier alpha value is -9.02. The molecule has 13 aromatic rings. The fourth-order valence-corrected chi connectivity index (χ4v) is 13.7. The summed E-state index contributed by atoms with van der Waals surface area (Å²) in [5, 5.41) is 5.55. The van der Waals surface area contributed by atoms with Gasteiger partial charge in [0.05, 0.1) is 21.9 Å². The Morgan fingerprint density at radius 2 is 0.863 bits per heavy atom. The van der Waals surface area contributed by atoms with E-state index in [1.807, 2.05) is 0 Å². The number of para-hydroxylation sites is 1. The summed E-state index contributed by atoms with van der Waals surface area (Å²) in [6.07, 6.45) is 0. The monoisotopic (exact) mass is 947 g/mol. The maximum atomic E-state index is 7.08. The number of thiophene rings is 1. The van der Waals surface area contributed by atoms with E-state index in [0.717, 1.165) is 50.1 Å². The molecule has 0 saturated carbocycles. The average Bonchev–Trinajstić information content (AvgIpc) is 4.24. The first-order chi connectivity index (χ1) is 36.2. The van der Waals surface area contributed by atoms with Crippen molar-refractivity contribution in [1.29, 1.82) is 0 Å². The van der Waals surface area contributed by atoms with Gasteiger partial charge in [0.15, 0.2) is 0 Å². The molecule has 0 N–H and O–H groups in total. The van der Waals surface area contributed by atoms with Crippen molar-refractivity contribution in [1.82, 2.24) is 0 Å². The molecule has 15 rings (SSSR count). The summed E-state index contributed by atoms with van der Waals surface area (Å²) in [4.78, 5) is 2.51. The highest BCUT2D eigenvalue weighted by Crippen LogP contribution is 2.60. The predicted molar refractivity (Wildman–Crippen MR) is 304 cm³/mol. The summed E-state index contributed by atoms with van der Waals surface area (Å²) in [5.74, 6) is 0. The molecule has 2 heterocycles. The van der Waals surface area contributed by atoms with E-state index < -0.39 is 10.8 Å². The molecule has 0 fully saturated rings. The second kappa shape index (κ2) is 16.3. The van der Waals surface area contributed by atoms with Crippen LogP contribution in [0.15, 0.2) is 277 Å². The van der Waals surface area contributed by atoms with Crippen LogP contribution in [-0.4, -0.2) is 0 Å². The summed E-state index contributed by atoms with van der Waals surface area (Å²) in [7, 11) is 0. The Bertz CT molecular complexity index is 4190. The van der Waals surface area contributed by atoms with Crippen molar-refractivity contribution < 1.29 is 4.42 Å². The van der Waals surface area contributed by atoms with Gasteiger partial charge < -0.3 is 9.32 Å². The Balaban J connectivity index is 1.04. The van der Waals surface area contributed by atoms with Crippen LogP contribution in [-0.2, 0) is 10.8 Å². The van der Waals surface area contributed by atoms with Crippen LogP contribution in [0.2, 0.25) is 0 Å². The minimum atomic E-state index is -0.584. The van der Waals surface area contributed by atoms with Crippen LogP contribution in [0.5, 0.6) is 0 Å². The molecule has 0 aliphatic heterocycles. The Labute approximate surface area is 428 Å². The predicted octanol–water partition coefficient (Wildman–Crippen LogP) is 18.7. The van der Waals surface area contributed by atoms with E-state index in [0.29, 0.717) is 0 Å². The SMILES string of the molecule is c1ccc(C2(c3ccccc3)c3ccccc3-c3cc(N(c4ccc5c(c4)C(c4ccccc4)(c4ccccc4)c4ccccc4-5)c4ccc(-c5ccc6sccc6c5)c5oc6ccccc6c45)ccc32)cc1. The maximum Gasteiger partial charge on any atom is 0.145 e. The lowest BCUT2D eigenvalue weighted by atomic mass is 9.67. The highest BCUT2D eigenvalue weighted by Gasteiger charge is 2.48. The van der Waals surface area contributed by atoms with E-state index in [-0.39, 0.29) is 0 Å². The molecule has 0 amide bonds. The molecule has 0 saturated heterocycles. The highest BCUT2D eigenvalue weighted by atomic mass is 32.1. The zero-order valence-electron chi connectivity index (χ0n) is 39.7. The average molecular weight is 948 g/mol. The smallest absolute Gasteiger partial charge is 0.145 e. The fraction of sp³-hybridized carbons (Fsp3) is 0.0286. The van der Waals surface area contributed by atoms with Crippen LogP contribution in [0.4, 0.5) is 17.1 Å². The van der Waals surface area contributed by atoms with E-state index in [4.69, 9.17) is 4.42 Å². The first-order valence-electron chi connectivity index (χ1n) is 25.1. The van der Waals surface area contributed by atoms with Gasteiger partial charge in [0, 0.05) is 27.0 Å². The zero-order chi connectivity index (χ0) is 48.1. The summed E-state index contributed by atoms with van der Waals surface area (Å²) in [6, 6.07) is 99.0. The van der Waals surface area contributed by atoms with Gasteiger partial charge in [-0.05, 0) is 144 Å². The van der Waals surface area contributed by atoms with E-state index in [9.17, 15) is 0 Å². The van der Waals surface area contributed by atoms with Gasteiger partial charge >= 0.3 is 0 Å². The zero-order valence-corrected chi connectivity index (χ0v) is 40.6. The normalized spacial score (nSPS) is 13.7. The van der Waals surface area contributed by atoms with Crippen molar-refractivity contribution >= 4 is 60.4 Å². The summed E-state index contributed by atoms with van der Waals surface area (Å²) in [6.45, 7) is 0. The van der Waals surface area contributed by atoms with Gasteiger partial charge in [-0.3, -0.25) is 0 Å². The van der Waals surface area contributed by atoms with Crippen LogP contribution in [0.3, 0.4) is 0 Å². The lowest BCUT2D eigenvalue weighted by molar-refractivity contribution is 0.670. The molecule has 2 aliphatic rings. The minimum absolute atomic E-state index is 0.526. The number of fused-ring (bicyclic) bond motifs is 10. The Kier molecular flexibility index (Phi) is 9.30. The van der Waals surface area contributed by atoms with Gasteiger partial charge in [-0.15, -0.1) is 11.3 Å². The first-order valence-corrected chi connectivity index (χ1v) is 26.0. The fourth-order valence-electron chi connectivity index (χ4n) is 12.9. The lowest BCUT2D eigenvalue weighted by Crippen LogP contribution is -2.29. The number of hydrogen-bond donors (Lipinski definition) is 0. The molecule has 3 heteroatoms. The summed E-state index contributed by atoms with van der Waals surface area (Å²) in [5.41, 5.74) is 21.0. The summed E-state index contributed by atoms with van der Waals surface area (Å²) >= 11 is 1.77. The molecule has 2 aliphatic carbocycles. The van der Waals surface area contributed by atoms with E-state index >= 15 is 0 Å². The third kappa shape index (κ3) is 5.97. The van der Waals surface area contributed by atoms with Crippen molar-refractivity contribution in [3.8, 4) is 33.4 Å². The van der Waals surface area contributed by atoms with Crippen molar-refractivity contribution in [2.75, 3.05) is 4.90 Å². The third-order valence-electron chi connectivity index (χ3n) is 15.9. The van der Waals surface area contributed by atoms with Gasteiger partial charge in [-0.25, -0.2) is 0 Å². The van der Waals surface area contributed by atoms with E-state index in [1.165, 1.54) is 76.8 Å². The second-order valence-corrected chi connectivity index (χ2v) is 20.4. The van der Waals surface area contributed by atoms with Crippen LogP contribution < -0.4 is 4.90 Å². The van der Waals surface area contributed by atoms with E-state index in [1.54, 1.807) is 11.3 Å². The number of hydrogen-bond acceptors (Lipinski definition) is 3. The van der Waals surface area contributed by atoms with Gasteiger partial charge in [0.1, 0.15) is 11.2 Å². The topological polar surface area (TPSA) is 16.4 Å². The number of nitrogens with zero attached hydrogens (tertiary/aromatic N) is 1. The molecule has 0 unspecified atom stereocenters. The molecule has 2 aromatic heterocycles. The number of benzene rings is 11. The van der Waals surface area contributed by atoms with Crippen molar-refractivity contribution in [3.05, 3.63) is 317 Å². The quantitative estimate of drug-likeness (QED) is 0.151. The largest absolute Gasteiger partial charge is 0.455 e. The van der Waals surface area contributed by atoms with Crippen LogP contribution in [0.1, 0.15) is 44.5 Å². The standard InChI is InChI=1S/C70H45NOS/c1-5-19-48(20-6-1)69(49-21-7-2-8-22-49)61-31-17-14-28-56(61)59-44-52(35-38-62(59)69)71(64-39-37-54(46-33-40-66-47(43-46)41-42-73-66)68-67(64)58-29-15-18-32-65(58)72-68)53-34-36-57-55-27-13-16-30-60(55)70(63(57)45-53,50-23-9-3-10-24-50)51-25-11-4-12-26-51/h1-45H. The molecule has 73 heavy (non-hydrogen) atoms. The minimum Gasteiger partial charge on any atom is -0.455 e. The van der Waals surface area contributed by atoms with Gasteiger partial charge in [0.2, 0.25) is 0 Å². The van der Waals surface area contributed by atoms with Crippen molar-refractivity contribution in [3.63, 3.8) is 0 Å². The number of anilines is 3. The van der Waals surface area contributed by atoms with Crippen molar-refractivity contribution in [2.45, 2.75) is 10.8 Å². The van der Waals surface area contributed by atoms with Crippen molar-refractivity contribution in [2.24, 2.45) is 0 Å². The molecular weight excluding hydrogens is 903 g/mol. The molecule has 2 nitrogen and oxygen atoms in total. The van der Waals surface area contributed by atoms with Gasteiger partial charge in [-0.1, -0.05) is 206 Å². The molecular formula is C70H45NOS. The Morgan fingerprint density at radius 1 is 0.356 bits per heavy atom. The Morgan fingerprint density at radius 3 is 1.52 bits per heavy atom. The van der Waals surface area contributed by atoms with Gasteiger partial charge in [-0.2, -0.15) is 0 Å². The molecule has 0 atom stereocenters. The molecule has 0 bridgehead atoms. The molecule has 342 valence electrons. The lowest BCUT2D eigenvalue weighted by Gasteiger charge is -2.35. The van der Waals surface area contributed by atoms with Crippen LogP contribution in [0, 0.1) is 0 Å². The second-order valence-electron chi connectivity index (χ2n) is 19.5. The van der Waals surface area contributed by atoms with Gasteiger partial charge in [0.25, 0.3) is 0 Å². The number of furan rings is 1. The third-order valence-corrected chi connectivity index (χ3v) is 16.8. The van der Waals surface area contributed by atoms with Crippen LogP contribution >= 0.6 is 11.3 Å². The number of rotatable bonds is 8. The van der Waals surface area contributed by atoms with E-state index in [2.05, 4.69) is 277 Å². The first kappa shape index (κ1) is 41.7. The van der Waals surface area contributed by atoms with Crippen LogP contribution in [0.25, 0.3) is 65.4 Å². The highest BCUT2D eigenvalue weighted by molar-refractivity contribution is 7.17. The summed E-state index contributed by atoms with van der Waals surface area (Å²) < 4.78 is 8.35. The molecule has 0 radical (unpaired) electrons. The molecule has 11 aromatic carbocycles. The molecule has 0 spiro atoms. The maximum absolute atomic E-state index is 7.08.